The average Bonchev–Trinajstić information content (AvgIpc) is 1.78. The summed E-state index contributed by atoms with van der Waals surface area (Å²) >= 11 is 2.16. The van der Waals surface area contributed by atoms with Crippen LogP contribution in [0.4, 0.5) is 0 Å². The molecule has 1 saturated heterocycles. The van der Waals surface area contributed by atoms with Gasteiger partial charge in [0.1, 0.15) is 0 Å². The zero-order chi connectivity index (χ0) is 6.69. The Morgan fingerprint density at radius 2 is 2.00 bits per heavy atom. The molecular formula is C8H16S. The SMILES string of the molecule is CCC(CC)C1CCS1. The molecule has 1 atom stereocenters. The zero-order valence-corrected chi connectivity index (χ0v) is 7.21. The van der Waals surface area contributed by atoms with Crippen LogP contribution in [0.3, 0.4) is 0 Å². The molecule has 54 valence electrons. The Morgan fingerprint density at radius 1 is 1.44 bits per heavy atom. The van der Waals surface area contributed by atoms with Crippen molar-refractivity contribution in [3.8, 4) is 0 Å². The lowest BCUT2D eigenvalue weighted by Crippen LogP contribution is -2.24. The Labute approximate surface area is 62.4 Å². The maximum absolute atomic E-state index is 2.31. The zero-order valence-electron chi connectivity index (χ0n) is 6.39. The van der Waals surface area contributed by atoms with Crippen LogP contribution in [0.15, 0.2) is 0 Å². The van der Waals surface area contributed by atoms with Gasteiger partial charge in [-0.25, -0.2) is 0 Å². The molecule has 9 heavy (non-hydrogen) atoms. The van der Waals surface area contributed by atoms with Crippen molar-refractivity contribution in [3.63, 3.8) is 0 Å². The highest BCUT2D eigenvalue weighted by Crippen LogP contribution is 2.36. The summed E-state index contributed by atoms with van der Waals surface area (Å²) in [4.78, 5) is 0. The Bertz CT molecular complexity index is 72.6. The molecule has 0 aromatic heterocycles. The third-order valence-corrected chi connectivity index (χ3v) is 3.83. The van der Waals surface area contributed by atoms with Crippen molar-refractivity contribution >= 4 is 11.8 Å². The molecule has 1 fully saturated rings. The van der Waals surface area contributed by atoms with Gasteiger partial charge in [-0.15, -0.1) is 0 Å². The van der Waals surface area contributed by atoms with E-state index < -0.39 is 0 Å². The number of hydrogen-bond donors (Lipinski definition) is 0. The molecule has 0 aliphatic carbocycles. The molecule has 0 aromatic rings. The van der Waals surface area contributed by atoms with Gasteiger partial charge in [-0.2, -0.15) is 11.8 Å². The smallest absolute Gasteiger partial charge is 0.00829 e. The van der Waals surface area contributed by atoms with Gasteiger partial charge in [0.2, 0.25) is 0 Å². The van der Waals surface area contributed by atoms with Gasteiger partial charge in [0.25, 0.3) is 0 Å². The van der Waals surface area contributed by atoms with E-state index in [-0.39, 0.29) is 0 Å². The molecule has 0 N–H and O–H groups in total. The monoisotopic (exact) mass is 144 g/mol. The van der Waals surface area contributed by atoms with Crippen molar-refractivity contribution < 1.29 is 0 Å². The van der Waals surface area contributed by atoms with Crippen LogP contribution in [0.5, 0.6) is 0 Å². The highest BCUT2D eigenvalue weighted by atomic mass is 32.2. The normalized spacial score (nSPS) is 26.3. The van der Waals surface area contributed by atoms with Crippen LogP contribution >= 0.6 is 11.8 Å². The molecule has 1 aliphatic heterocycles. The van der Waals surface area contributed by atoms with E-state index in [1.54, 1.807) is 0 Å². The summed E-state index contributed by atoms with van der Waals surface area (Å²) in [5.41, 5.74) is 0. The quantitative estimate of drug-likeness (QED) is 0.587. The number of thioether (sulfide) groups is 1. The summed E-state index contributed by atoms with van der Waals surface area (Å²) in [5.74, 6) is 2.44. The van der Waals surface area contributed by atoms with Crippen molar-refractivity contribution in [2.75, 3.05) is 5.75 Å². The number of rotatable bonds is 3. The molecule has 1 heterocycles. The fraction of sp³-hybridized carbons (Fsp3) is 1.00. The summed E-state index contributed by atoms with van der Waals surface area (Å²) in [5, 5.41) is 1.03. The highest BCUT2D eigenvalue weighted by molar-refractivity contribution is 8.01. The summed E-state index contributed by atoms with van der Waals surface area (Å²) in [6.45, 7) is 4.63. The molecule has 1 unspecified atom stereocenters. The predicted octanol–water partition coefficient (Wildman–Crippen LogP) is 2.93. The second-order valence-corrected chi connectivity index (χ2v) is 4.12. The van der Waals surface area contributed by atoms with E-state index in [0.29, 0.717) is 0 Å². The summed E-state index contributed by atoms with van der Waals surface area (Å²) in [7, 11) is 0. The maximum Gasteiger partial charge on any atom is 0.00829 e. The Balaban J connectivity index is 2.19. The van der Waals surface area contributed by atoms with Crippen molar-refractivity contribution in [1.29, 1.82) is 0 Å². The first-order valence-corrected chi connectivity index (χ1v) is 5.05. The van der Waals surface area contributed by atoms with Crippen LogP contribution in [0.25, 0.3) is 0 Å². The van der Waals surface area contributed by atoms with Gasteiger partial charge < -0.3 is 0 Å². The van der Waals surface area contributed by atoms with Gasteiger partial charge in [-0.05, 0) is 18.1 Å². The van der Waals surface area contributed by atoms with Crippen LogP contribution in [-0.4, -0.2) is 11.0 Å². The minimum atomic E-state index is 1.02. The first-order chi connectivity index (χ1) is 4.38. The third-order valence-electron chi connectivity index (χ3n) is 2.31. The van der Waals surface area contributed by atoms with E-state index in [1.165, 1.54) is 25.0 Å². The lowest BCUT2D eigenvalue weighted by Gasteiger charge is -2.31. The fourth-order valence-electron chi connectivity index (χ4n) is 1.44. The second-order valence-electron chi connectivity index (χ2n) is 2.77. The molecule has 0 nitrogen and oxygen atoms in total. The molecule has 1 rings (SSSR count). The van der Waals surface area contributed by atoms with Crippen LogP contribution < -0.4 is 0 Å². The largest absolute Gasteiger partial charge is 0.158 e. The minimum Gasteiger partial charge on any atom is -0.158 e. The van der Waals surface area contributed by atoms with Crippen molar-refractivity contribution in [1.82, 2.24) is 0 Å². The van der Waals surface area contributed by atoms with Crippen molar-refractivity contribution in [3.05, 3.63) is 0 Å². The fourth-order valence-corrected chi connectivity index (χ4v) is 2.61. The van der Waals surface area contributed by atoms with Crippen LogP contribution in [-0.2, 0) is 0 Å². The lowest BCUT2D eigenvalue weighted by atomic mass is 9.97. The molecule has 0 aromatic carbocycles. The Hall–Kier alpha value is 0.350. The molecule has 0 spiro atoms. The van der Waals surface area contributed by atoms with Crippen molar-refractivity contribution in [2.24, 2.45) is 5.92 Å². The van der Waals surface area contributed by atoms with Gasteiger partial charge in [0, 0.05) is 5.25 Å². The van der Waals surface area contributed by atoms with E-state index in [2.05, 4.69) is 25.6 Å². The van der Waals surface area contributed by atoms with Crippen molar-refractivity contribution in [2.45, 2.75) is 38.4 Å². The Morgan fingerprint density at radius 3 is 2.11 bits per heavy atom. The van der Waals surface area contributed by atoms with E-state index in [0.717, 1.165) is 11.2 Å². The predicted molar refractivity (Wildman–Crippen MR) is 44.9 cm³/mol. The summed E-state index contributed by atoms with van der Waals surface area (Å²) in [6.07, 6.45) is 4.25. The highest BCUT2D eigenvalue weighted by Gasteiger charge is 2.24. The molecule has 0 amide bonds. The summed E-state index contributed by atoms with van der Waals surface area (Å²) in [6, 6.07) is 0. The van der Waals surface area contributed by atoms with Crippen LogP contribution in [0.2, 0.25) is 0 Å². The molecule has 0 saturated carbocycles. The average molecular weight is 144 g/mol. The topological polar surface area (TPSA) is 0 Å². The molecule has 0 bridgehead atoms. The van der Waals surface area contributed by atoms with Gasteiger partial charge in [-0.1, -0.05) is 26.7 Å². The molecule has 1 aliphatic rings. The van der Waals surface area contributed by atoms with Gasteiger partial charge in [0.05, 0.1) is 0 Å². The number of hydrogen-bond acceptors (Lipinski definition) is 1. The van der Waals surface area contributed by atoms with Crippen LogP contribution in [0.1, 0.15) is 33.1 Å². The maximum atomic E-state index is 2.31. The first-order valence-electron chi connectivity index (χ1n) is 4.00. The lowest BCUT2D eigenvalue weighted by molar-refractivity contribution is 0.452. The second kappa shape index (κ2) is 3.50. The van der Waals surface area contributed by atoms with Crippen LogP contribution in [0, 0.1) is 5.92 Å². The molecule has 0 radical (unpaired) electrons. The van der Waals surface area contributed by atoms with E-state index in [1.807, 2.05) is 0 Å². The summed E-state index contributed by atoms with van der Waals surface area (Å²) < 4.78 is 0. The van der Waals surface area contributed by atoms with Gasteiger partial charge in [0.15, 0.2) is 0 Å². The van der Waals surface area contributed by atoms with Gasteiger partial charge in [-0.3, -0.25) is 0 Å². The standard InChI is InChI=1S/C8H16S/c1-3-7(4-2)8-5-6-9-8/h7-8H,3-6H2,1-2H3. The molecular weight excluding hydrogens is 128 g/mol. The first kappa shape index (κ1) is 7.46. The van der Waals surface area contributed by atoms with E-state index in [9.17, 15) is 0 Å². The third kappa shape index (κ3) is 1.64. The Kier molecular flexibility index (Phi) is 2.90. The van der Waals surface area contributed by atoms with E-state index >= 15 is 0 Å². The van der Waals surface area contributed by atoms with Gasteiger partial charge >= 0.3 is 0 Å². The van der Waals surface area contributed by atoms with E-state index in [4.69, 9.17) is 0 Å². The minimum absolute atomic E-state index is 1.02. The molecule has 1 heteroatoms.